The van der Waals surface area contributed by atoms with Crippen molar-refractivity contribution in [1.82, 2.24) is 10.6 Å². The van der Waals surface area contributed by atoms with Crippen molar-refractivity contribution in [3.63, 3.8) is 0 Å². The molecule has 0 spiro atoms. The van der Waals surface area contributed by atoms with Crippen LogP contribution < -0.4 is 10.6 Å². The number of ether oxygens (including phenoxy) is 1. The van der Waals surface area contributed by atoms with Crippen molar-refractivity contribution in [1.29, 1.82) is 0 Å². The first kappa shape index (κ1) is 25.7. The number of thioether (sulfide) groups is 3. The van der Waals surface area contributed by atoms with Crippen molar-refractivity contribution in [3.8, 4) is 0 Å². The van der Waals surface area contributed by atoms with Gasteiger partial charge in [-0.3, -0.25) is 4.79 Å². The number of carbonyl (C=O) groups is 2. The van der Waals surface area contributed by atoms with Gasteiger partial charge in [0.25, 0.3) is 0 Å². The molecule has 28 heavy (non-hydrogen) atoms. The molecule has 0 saturated heterocycles. The molecular formula is C18H34N2O5S3. The van der Waals surface area contributed by atoms with Crippen molar-refractivity contribution in [3.05, 3.63) is 0 Å². The molecule has 1 rings (SSSR count). The van der Waals surface area contributed by atoms with Gasteiger partial charge in [0, 0.05) is 18.9 Å². The van der Waals surface area contributed by atoms with Gasteiger partial charge in [-0.15, -0.1) is 35.3 Å². The highest BCUT2D eigenvalue weighted by atomic mass is 32.3. The van der Waals surface area contributed by atoms with Gasteiger partial charge in [0.2, 0.25) is 5.91 Å². The Morgan fingerprint density at radius 1 is 1.18 bits per heavy atom. The van der Waals surface area contributed by atoms with E-state index in [1.165, 1.54) is 6.92 Å². The van der Waals surface area contributed by atoms with Crippen LogP contribution in [0.4, 0.5) is 4.79 Å². The van der Waals surface area contributed by atoms with Gasteiger partial charge in [-0.1, -0.05) is 0 Å². The Labute approximate surface area is 180 Å². The van der Waals surface area contributed by atoms with Crippen molar-refractivity contribution < 1.29 is 24.5 Å². The number of aliphatic hydroxyl groups is 2. The molecule has 1 aliphatic carbocycles. The van der Waals surface area contributed by atoms with Gasteiger partial charge in [0.15, 0.2) is 0 Å². The number of carbonyl (C=O) groups excluding carboxylic acids is 2. The number of hydrogen-bond acceptors (Lipinski definition) is 8. The highest BCUT2D eigenvalue weighted by Gasteiger charge is 2.58. The summed E-state index contributed by atoms with van der Waals surface area (Å²) in [5.74, 6) is -0.603. The fourth-order valence-electron chi connectivity index (χ4n) is 3.79. The van der Waals surface area contributed by atoms with Crippen LogP contribution in [-0.2, 0) is 9.53 Å². The van der Waals surface area contributed by atoms with E-state index in [2.05, 4.69) is 10.6 Å². The zero-order valence-corrected chi connectivity index (χ0v) is 20.1. The van der Waals surface area contributed by atoms with E-state index in [0.29, 0.717) is 12.8 Å². The number of rotatable bonds is 8. The van der Waals surface area contributed by atoms with E-state index < -0.39 is 32.8 Å². The third kappa shape index (κ3) is 6.10. The average molecular weight is 455 g/mol. The van der Waals surface area contributed by atoms with E-state index >= 15 is 0 Å². The lowest BCUT2D eigenvalue weighted by atomic mass is 9.93. The Morgan fingerprint density at radius 3 is 2.11 bits per heavy atom. The van der Waals surface area contributed by atoms with Crippen LogP contribution >= 0.6 is 35.3 Å². The van der Waals surface area contributed by atoms with Gasteiger partial charge >= 0.3 is 6.09 Å². The molecule has 0 aromatic rings. The van der Waals surface area contributed by atoms with Crippen molar-refractivity contribution in [2.24, 2.45) is 5.92 Å². The highest BCUT2D eigenvalue weighted by Crippen LogP contribution is 2.58. The van der Waals surface area contributed by atoms with Crippen molar-refractivity contribution in [2.45, 2.75) is 67.2 Å². The zero-order valence-electron chi connectivity index (χ0n) is 17.7. The molecule has 164 valence electrons. The summed E-state index contributed by atoms with van der Waals surface area (Å²) in [6, 6.07) is -1.02. The Hall–Kier alpha value is -0.290. The van der Waals surface area contributed by atoms with E-state index in [4.69, 9.17) is 4.74 Å². The minimum Gasteiger partial charge on any atom is -0.444 e. The largest absolute Gasteiger partial charge is 0.444 e. The normalized spacial score (nSPS) is 26.6. The first-order valence-electron chi connectivity index (χ1n) is 9.12. The average Bonchev–Trinajstić information content (AvgIpc) is 2.90. The summed E-state index contributed by atoms with van der Waals surface area (Å²) in [7, 11) is 0. The summed E-state index contributed by atoms with van der Waals surface area (Å²) in [5, 5.41) is 27.1. The molecule has 2 amide bonds. The van der Waals surface area contributed by atoms with Crippen LogP contribution in [-0.4, -0.2) is 74.3 Å². The highest BCUT2D eigenvalue weighted by molar-refractivity contribution is 8.33. The van der Waals surface area contributed by atoms with Crippen molar-refractivity contribution in [2.75, 3.05) is 25.4 Å². The monoisotopic (exact) mass is 454 g/mol. The van der Waals surface area contributed by atoms with Crippen LogP contribution in [0.2, 0.25) is 0 Å². The lowest BCUT2D eigenvalue weighted by Crippen LogP contribution is -2.50. The first-order chi connectivity index (χ1) is 12.9. The molecular weight excluding hydrogens is 420 g/mol. The molecule has 0 aromatic carbocycles. The maximum atomic E-state index is 12.4. The number of nitrogens with one attached hydrogen (secondary N) is 2. The molecule has 0 aromatic heterocycles. The van der Waals surface area contributed by atoms with Gasteiger partial charge in [-0.05, 0) is 52.4 Å². The van der Waals surface area contributed by atoms with Gasteiger partial charge in [-0.25, -0.2) is 4.79 Å². The summed E-state index contributed by atoms with van der Waals surface area (Å²) >= 11 is 4.69. The maximum absolute atomic E-state index is 12.4. The third-order valence-corrected chi connectivity index (χ3v) is 10.6. The minimum absolute atomic E-state index is 0.267. The van der Waals surface area contributed by atoms with Crippen LogP contribution in [0.3, 0.4) is 0 Å². The fourth-order valence-corrected chi connectivity index (χ4v) is 7.43. The van der Waals surface area contributed by atoms with Crippen LogP contribution in [0.5, 0.6) is 0 Å². The minimum atomic E-state index is -1.11. The van der Waals surface area contributed by atoms with E-state index in [1.807, 2.05) is 18.8 Å². The first-order valence-corrected chi connectivity index (χ1v) is 12.8. The summed E-state index contributed by atoms with van der Waals surface area (Å²) in [6.45, 7) is 6.45. The Balaban J connectivity index is 3.20. The fraction of sp³-hybridized carbons (Fsp3) is 0.889. The zero-order chi connectivity index (χ0) is 21.8. The van der Waals surface area contributed by atoms with Gasteiger partial charge < -0.3 is 25.6 Å². The van der Waals surface area contributed by atoms with E-state index in [1.54, 1.807) is 56.1 Å². The maximum Gasteiger partial charge on any atom is 0.407 e. The SMILES string of the molecule is CSC(SC)(SC)C1(O)CC(NC(=O)OC(C)(C)C)C(C(CO)NC(C)=O)C1. The third-order valence-electron chi connectivity index (χ3n) is 4.83. The second-order valence-corrected chi connectivity index (χ2v) is 11.9. The molecule has 1 aliphatic rings. The summed E-state index contributed by atoms with van der Waals surface area (Å²) in [5.41, 5.74) is -1.76. The lowest BCUT2D eigenvalue weighted by Gasteiger charge is -2.42. The van der Waals surface area contributed by atoms with Gasteiger partial charge in [0.05, 0.1) is 12.6 Å². The summed E-state index contributed by atoms with van der Waals surface area (Å²) < 4.78 is 4.84. The molecule has 4 N–H and O–H groups in total. The van der Waals surface area contributed by atoms with Crippen LogP contribution in [0.25, 0.3) is 0 Å². The smallest absolute Gasteiger partial charge is 0.407 e. The van der Waals surface area contributed by atoms with Crippen molar-refractivity contribution >= 4 is 47.3 Å². The molecule has 0 aliphatic heterocycles. The second-order valence-electron chi connectivity index (χ2n) is 8.01. The molecule has 10 heteroatoms. The van der Waals surface area contributed by atoms with Gasteiger partial charge in [-0.2, -0.15) is 0 Å². The van der Waals surface area contributed by atoms with Crippen LogP contribution in [0.1, 0.15) is 40.5 Å². The predicted octanol–water partition coefficient (Wildman–Crippen LogP) is 2.26. The molecule has 4 unspecified atom stereocenters. The molecule has 0 heterocycles. The van der Waals surface area contributed by atoms with Gasteiger partial charge in [0.1, 0.15) is 14.6 Å². The summed E-state index contributed by atoms with van der Waals surface area (Å²) in [4.78, 5) is 24.0. The molecule has 1 saturated carbocycles. The molecule has 7 nitrogen and oxygen atoms in total. The van der Waals surface area contributed by atoms with Crippen LogP contribution in [0, 0.1) is 5.92 Å². The van der Waals surface area contributed by atoms with E-state index in [-0.39, 0.29) is 18.4 Å². The molecule has 0 radical (unpaired) electrons. The quantitative estimate of drug-likeness (QED) is 0.414. The number of amides is 2. The Morgan fingerprint density at radius 2 is 1.71 bits per heavy atom. The Bertz CT molecular complexity index is 546. The topological polar surface area (TPSA) is 108 Å². The Kier molecular flexibility index (Phi) is 9.33. The second kappa shape index (κ2) is 10.1. The number of alkyl carbamates (subject to hydrolysis) is 1. The predicted molar refractivity (Wildman–Crippen MR) is 119 cm³/mol. The van der Waals surface area contributed by atoms with E-state index in [0.717, 1.165) is 0 Å². The molecule has 0 bridgehead atoms. The van der Waals surface area contributed by atoms with Crippen LogP contribution in [0.15, 0.2) is 0 Å². The van der Waals surface area contributed by atoms with E-state index in [9.17, 15) is 19.8 Å². The number of aliphatic hydroxyl groups excluding tert-OH is 1. The standard InChI is InChI=1S/C18H34N2O5S3/c1-11(22)19-14(10-21)12-8-17(24,18(26-5,27-6)28-7)9-13(12)20-15(23)25-16(2,3)4/h12-14,21,24H,8-10H2,1-7H3,(H,19,22)(H,20,23). The molecule has 1 fully saturated rings. The summed E-state index contributed by atoms with van der Waals surface area (Å²) in [6.07, 6.45) is 5.91. The number of hydrogen-bond donors (Lipinski definition) is 4. The molecule has 4 atom stereocenters. The lowest BCUT2D eigenvalue weighted by molar-refractivity contribution is -0.120.